The van der Waals surface area contributed by atoms with Gasteiger partial charge in [0.2, 0.25) is 5.88 Å². The molecule has 0 fully saturated rings. The first-order valence-electron chi connectivity index (χ1n) is 9.59. The van der Waals surface area contributed by atoms with E-state index in [0.717, 1.165) is 34.4 Å². The molecular formula is C24H22N2O3. The molecule has 5 heteroatoms. The molecule has 0 unspecified atom stereocenters. The highest BCUT2D eigenvalue weighted by Gasteiger charge is 2.12. The van der Waals surface area contributed by atoms with Crippen LogP contribution in [-0.2, 0) is 0 Å². The quantitative estimate of drug-likeness (QED) is 0.397. The van der Waals surface area contributed by atoms with Crippen LogP contribution in [0.15, 0.2) is 72.8 Å². The van der Waals surface area contributed by atoms with E-state index in [1.807, 2.05) is 72.8 Å². The van der Waals surface area contributed by atoms with Crippen LogP contribution in [0.1, 0.15) is 13.3 Å². The molecule has 5 nitrogen and oxygen atoms in total. The maximum absolute atomic E-state index is 6.10. The van der Waals surface area contributed by atoms with E-state index in [9.17, 15) is 0 Å². The first kappa shape index (κ1) is 18.7. The van der Waals surface area contributed by atoms with Crippen molar-refractivity contribution >= 4 is 10.9 Å². The van der Waals surface area contributed by atoms with Gasteiger partial charge in [-0.3, -0.25) is 0 Å². The van der Waals surface area contributed by atoms with Crippen molar-refractivity contribution < 1.29 is 14.2 Å². The van der Waals surface area contributed by atoms with Crippen LogP contribution >= 0.6 is 0 Å². The second-order valence-electron chi connectivity index (χ2n) is 6.52. The fourth-order valence-corrected chi connectivity index (χ4v) is 2.93. The topological polar surface area (TPSA) is 53.5 Å². The number of benzene rings is 3. The highest BCUT2D eigenvalue weighted by atomic mass is 16.5. The van der Waals surface area contributed by atoms with Gasteiger partial charge < -0.3 is 14.2 Å². The van der Waals surface area contributed by atoms with Gasteiger partial charge in [-0.05, 0) is 67.1 Å². The predicted octanol–water partition coefficient (Wildman–Crippen LogP) is 5.89. The Kier molecular flexibility index (Phi) is 5.56. The summed E-state index contributed by atoms with van der Waals surface area (Å²) in [7, 11) is 1.64. The summed E-state index contributed by atoms with van der Waals surface area (Å²) in [5.41, 5.74) is 1.73. The van der Waals surface area contributed by atoms with Gasteiger partial charge in [0.1, 0.15) is 17.2 Å². The molecule has 0 atom stereocenters. The molecule has 29 heavy (non-hydrogen) atoms. The third-order valence-corrected chi connectivity index (χ3v) is 4.43. The van der Waals surface area contributed by atoms with Gasteiger partial charge in [-0.1, -0.05) is 19.1 Å². The Hall–Kier alpha value is -3.60. The minimum Gasteiger partial charge on any atom is -0.497 e. The SMILES string of the molecule is CCCOc1ccc(-c2nc(Oc3ccc(OC)cc3)c3ccccc3n2)cc1. The van der Waals surface area contributed by atoms with Crippen molar-refractivity contribution in [2.24, 2.45) is 0 Å². The van der Waals surface area contributed by atoms with Crippen molar-refractivity contribution in [1.29, 1.82) is 0 Å². The van der Waals surface area contributed by atoms with Gasteiger partial charge >= 0.3 is 0 Å². The summed E-state index contributed by atoms with van der Waals surface area (Å²) >= 11 is 0. The number of hydrogen-bond donors (Lipinski definition) is 0. The van der Waals surface area contributed by atoms with Crippen LogP contribution < -0.4 is 14.2 Å². The molecule has 0 saturated carbocycles. The average Bonchev–Trinajstić information content (AvgIpc) is 2.78. The lowest BCUT2D eigenvalue weighted by Gasteiger charge is -2.11. The Morgan fingerprint density at radius 2 is 1.45 bits per heavy atom. The van der Waals surface area contributed by atoms with Gasteiger partial charge in [-0.15, -0.1) is 0 Å². The highest BCUT2D eigenvalue weighted by molar-refractivity contribution is 5.85. The van der Waals surface area contributed by atoms with E-state index in [2.05, 4.69) is 6.92 Å². The summed E-state index contributed by atoms with van der Waals surface area (Å²) < 4.78 is 17.0. The number of para-hydroxylation sites is 1. The zero-order valence-corrected chi connectivity index (χ0v) is 16.5. The van der Waals surface area contributed by atoms with E-state index >= 15 is 0 Å². The monoisotopic (exact) mass is 386 g/mol. The third-order valence-electron chi connectivity index (χ3n) is 4.43. The van der Waals surface area contributed by atoms with Gasteiger partial charge in [-0.2, -0.15) is 4.98 Å². The minimum absolute atomic E-state index is 0.516. The lowest BCUT2D eigenvalue weighted by molar-refractivity contribution is 0.317. The number of fused-ring (bicyclic) bond motifs is 1. The van der Waals surface area contributed by atoms with Crippen LogP contribution in [0.25, 0.3) is 22.3 Å². The Bertz CT molecular complexity index is 1090. The van der Waals surface area contributed by atoms with Gasteiger partial charge in [0.25, 0.3) is 0 Å². The van der Waals surface area contributed by atoms with E-state index < -0.39 is 0 Å². The number of rotatable bonds is 7. The molecule has 4 rings (SSSR count). The number of nitrogens with zero attached hydrogens (tertiary/aromatic N) is 2. The Balaban J connectivity index is 1.70. The standard InChI is InChI=1S/C24H22N2O3/c1-3-16-28-19-10-8-17(9-11-19)23-25-22-7-5-4-6-21(22)24(26-23)29-20-14-12-18(27-2)13-15-20/h4-15H,3,16H2,1-2H3. The molecular weight excluding hydrogens is 364 g/mol. The third kappa shape index (κ3) is 4.29. The molecule has 146 valence electrons. The average molecular weight is 386 g/mol. The summed E-state index contributed by atoms with van der Waals surface area (Å²) in [6.07, 6.45) is 0.974. The largest absolute Gasteiger partial charge is 0.497 e. The van der Waals surface area contributed by atoms with Crippen LogP contribution in [0, 0.1) is 0 Å². The Morgan fingerprint density at radius 3 is 2.17 bits per heavy atom. The molecule has 0 spiro atoms. The first-order valence-corrected chi connectivity index (χ1v) is 9.59. The molecule has 1 aromatic heterocycles. The zero-order chi connectivity index (χ0) is 20.1. The van der Waals surface area contributed by atoms with Crippen molar-refractivity contribution in [1.82, 2.24) is 9.97 Å². The molecule has 0 aliphatic carbocycles. The van der Waals surface area contributed by atoms with Crippen LogP contribution in [0.3, 0.4) is 0 Å². The summed E-state index contributed by atoms with van der Waals surface area (Å²) in [6, 6.07) is 23.1. The van der Waals surface area contributed by atoms with Crippen molar-refractivity contribution in [3.05, 3.63) is 72.8 Å². The van der Waals surface area contributed by atoms with Crippen molar-refractivity contribution in [3.63, 3.8) is 0 Å². The van der Waals surface area contributed by atoms with E-state index in [1.165, 1.54) is 0 Å². The molecule has 0 aliphatic heterocycles. The second kappa shape index (κ2) is 8.61. The number of methoxy groups -OCH3 is 1. The summed E-state index contributed by atoms with van der Waals surface area (Å²) in [4.78, 5) is 9.41. The Morgan fingerprint density at radius 1 is 0.759 bits per heavy atom. The smallest absolute Gasteiger partial charge is 0.230 e. The first-order chi connectivity index (χ1) is 14.3. The maximum atomic E-state index is 6.10. The molecule has 0 radical (unpaired) electrons. The second-order valence-corrected chi connectivity index (χ2v) is 6.52. The number of ether oxygens (including phenoxy) is 3. The summed E-state index contributed by atoms with van der Waals surface area (Å²) in [5, 5.41) is 0.856. The van der Waals surface area contributed by atoms with Crippen LogP contribution in [0.4, 0.5) is 0 Å². The van der Waals surface area contributed by atoms with Crippen molar-refractivity contribution in [2.45, 2.75) is 13.3 Å². The molecule has 0 amide bonds. The van der Waals surface area contributed by atoms with Gasteiger partial charge in [0.15, 0.2) is 5.82 Å². The van der Waals surface area contributed by atoms with Gasteiger partial charge in [0, 0.05) is 5.56 Å². The Labute approximate surface area is 169 Å². The number of hydrogen-bond acceptors (Lipinski definition) is 5. The fourth-order valence-electron chi connectivity index (χ4n) is 2.93. The van der Waals surface area contributed by atoms with Gasteiger partial charge in [0.05, 0.1) is 24.6 Å². The molecule has 0 aliphatic rings. The summed E-state index contributed by atoms with van der Waals surface area (Å²) in [5.74, 6) is 3.42. The summed E-state index contributed by atoms with van der Waals surface area (Å²) in [6.45, 7) is 2.79. The lowest BCUT2D eigenvalue weighted by atomic mass is 10.2. The van der Waals surface area contributed by atoms with E-state index in [0.29, 0.717) is 24.1 Å². The van der Waals surface area contributed by atoms with Crippen LogP contribution in [0.5, 0.6) is 23.1 Å². The van der Waals surface area contributed by atoms with E-state index in [-0.39, 0.29) is 0 Å². The van der Waals surface area contributed by atoms with E-state index in [1.54, 1.807) is 7.11 Å². The number of aromatic nitrogens is 2. The zero-order valence-electron chi connectivity index (χ0n) is 16.5. The van der Waals surface area contributed by atoms with Crippen molar-refractivity contribution in [3.8, 4) is 34.5 Å². The molecule has 1 heterocycles. The normalized spacial score (nSPS) is 10.7. The maximum Gasteiger partial charge on any atom is 0.230 e. The molecule has 3 aromatic carbocycles. The minimum atomic E-state index is 0.516. The van der Waals surface area contributed by atoms with Crippen molar-refractivity contribution in [2.75, 3.05) is 13.7 Å². The predicted molar refractivity (Wildman–Crippen MR) is 114 cm³/mol. The highest BCUT2D eigenvalue weighted by Crippen LogP contribution is 2.31. The molecule has 4 aromatic rings. The van der Waals surface area contributed by atoms with Crippen LogP contribution in [-0.4, -0.2) is 23.7 Å². The van der Waals surface area contributed by atoms with Gasteiger partial charge in [-0.25, -0.2) is 4.98 Å². The molecule has 0 bridgehead atoms. The van der Waals surface area contributed by atoms with Crippen LogP contribution in [0.2, 0.25) is 0 Å². The molecule has 0 N–H and O–H groups in total. The fraction of sp³-hybridized carbons (Fsp3) is 0.167. The lowest BCUT2D eigenvalue weighted by Crippen LogP contribution is -1.97. The van der Waals surface area contributed by atoms with E-state index in [4.69, 9.17) is 24.2 Å². The molecule has 0 saturated heterocycles.